The summed E-state index contributed by atoms with van der Waals surface area (Å²) in [5.41, 5.74) is 10.8. The van der Waals surface area contributed by atoms with Crippen molar-refractivity contribution in [3.8, 4) is 0 Å². The lowest BCUT2D eigenvalue weighted by Gasteiger charge is -2.02. The molecule has 0 rings (SSSR count). The molecule has 4 nitrogen and oxygen atoms in total. The largest absolute Gasteiger partial charge is 0.316 e. The molecule has 0 aromatic heterocycles. The summed E-state index contributed by atoms with van der Waals surface area (Å²) in [6.07, 6.45) is 4.01. The minimum absolute atomic E-state index is 0. The van der Waals surface area contributed by atoms with Crippen molar-refractivity contribution in [3.05, 3.63) is 0 Å². The first kappa shape index (κ1) is 16.0. The van der Waals surface area contributed by atoms with Gasteiger partial charge in [0, 0.05) is 13.1 Å². The quantitative estimate of drug-likeness (QED) is 0.387. The Morgan fingerprint density at radius 1 is 1.14 bits per heavy atom. The molecule has 0 aliphatic carbocycles. The van der Waals surface area contributed by atoms with Crippen LogP contribution in [0.15, 0.2) is 9.98 Å². The maximum absolute atomic E-state index is 5.40. The van der Waals surface area contributed by atoms with Crippen molar-refractivity contribution in [3.63, 3.8) is 0 Å². The molecule has 0 spiro atoms. The maximum atomic E-state index is 5.40. The molecule has 0 atom stereocenters. The SMILES string of the molecule is CCN=C=NCCCCCC(N)N.Cl. The highest BCUT2D eigenvalue weighted by atomic mass is 35.5. The topological polar surface area (TPSA) is 76.8 Å². The van der Waals surface area contributed by atoms with Crippen molar-refractivity contribution >= 4 is 18.4 Å². The van der Waals surface area contributed by atoms with Gasteiger partial charge in [-0.1, -0.05) is 12.8 Å². The van der Waals surface area contributed by atoms with Crippen LogP contribution in [0.4, 0.5) is 0 Å². The van der Waals surface area contributed by atoms with E-state index in [0.29, 0.717) is 0 Å². The summed E-state index contributed by atoms with van der Waals surface area (Å²) in [6.45, 7) is 3.53. The Bertz CT molecular complexity index is 164. The molecule has 0 saturated heterocycles. The summed E-state index contributed by atoms with van der Waals surface area (Å²) in [7, 11) is 0. The number of aliphatic imine (C=N–C) groups is 2. The monoisotopic (exact) mass is 220 g/mol. The van der Waals surface area contributed by atoms with Gasteiger partial charge in [-0.2, -0.15) is 0 Å². The summed E-state index contributed by atoms with van der Waals surface area (Å²) < 4.78 is 0. The van der Waals surface area contributed by atoms with Crippen LogP contribution < -0.4 is 11.5 Å². The summed E-state index contributed by atoms with van der Waals surface area (Å²) >= 11 is 0. The molecular weight excluding hydrogens is 200 g/mol. The molecule has 0 fully saturated rings. The van der Waals surface area contributed by atoms with E-state index in [-0.39, 0.29) is 18.6 Å². The van der Waals surface area contributed by atoms with E-state index in [1.807, 2.05) is 6.92 Å². The standard InChI is InChI=1S/C9H20N4.ClH/c1-2-12-8-13-7-5-3-4-6-9(10)11;/h9H,2-7,10-11H2,1H3;1H. The number of hydrogen-bond acceptors (Lipinski definition) is 4. The normalized spacial score (nSPS) is 9.14. The molecular formula is C9H21ClN4. The van der Waals surface area contributed by atoms with Crippen LogP contribution in [0.5, 0.6) is 0 Å². The van der Waals surface area contributed by atoms with Crippen molar-refractivity contribution in [2.75, 3.05) is 13.1 Å². The lowest BCUT2D eigenvalue weighted by Crippen LogP contribution is -2.29. The molecule has 5 heteroatoms. The van der Waals surface area contributed by atoms with Gasteiger partial charge in [0.25, 0.3) is 0 Å². The minimum atomic E-state index is -0.162. The van der Waals surface area contributed by atoms with Crippen molar-refractivity contribution in [2.45, 2.75) is 38.8 Å². The van der Waals surface area contributed by atoms with Gasteiger partial charge >= 0.3 is 0 Å². The Morgan fingerprint density at radius 3 is 2.43 bits per heavy atom. The molecule has 0 heterocycles. The zero-order valence-corrected chi connectivity index (χ0v) is 9.59. The number of halogens is 1. The number of nitrogens with zero attached hydrogens (tertiary/aromatic N) is 2. The number of rotatable bonds is 7. The average molecular weight is 221 g/mol. The van der Waals surface area contributed by atoms with Crippen LogP contribution in [0.2, 0.25) is 0 Å². The first-order chi connectivity index (χ1) is 6.27. The van der Waals surface area contributed by atoms with Gasteiger partial charge in [-0.15, -0.1) is 12.4 Å². The molecule has 0 radical (unpaired) electrons. The third kappa shape index (κ3) is 14.1. The average Bonchev–Trinajstić information content (AvgIpc) is 2.09. The molecule has 0 unspecified atom stereocenters. The second kappa shape index (κ2) is 12.6. The Labute approximate surface area is 92.3 Å². The van der Waals surface area contributed by atoms with Gasteiger partial charge in [-0.05, 0) is 19.8 Å². The van der Waals surface area contributed by atoms with Crippen molar-refractivity contribution in [1.82, 2.24) is 0 Å². The lowest BCUT2D eigenvalue weighted by molar-refractivity contribution is 0.568. The van der Waals surface area contributed by atoms with E-state index in [9.17, 15) is 0 Å². The third-order valence-corrected chi connectivity index (χ3v) is 1.61. The van der Waals surface area contributed by atoms with Crippen LogP contribution in [-0.2, 0) is 0 Å². The van der Waals surface area contributed by atoms with E-state index in [1.54, 1.807) is 0 Å². The fourth-order valence-electron chi connectivity index (χ4n) is 0.918. The summed E-state index contributed by atoms with van der Waals surface area (Å²) in [5, 5.41) is 0. The number of nitrogens with two attached hydrogens (primary N) is 2. The zero-order valence-electron chi connectivity index (χ0n) is 8.78. The van der Waals surface area contributed by atoms with Crippen LogP contribution in [0, 0.1) is 0 Å². The highest BCUT2D eigenvalue weighted by molar-refractivity contribution is 5.85. The molecule has 0 aliphatic rings. The second-order valence-corrected chi connectivity index (χ2v) is 2.97. The van der Waals surface area contributed by atoms with E-state index in [1.165, 1.54) is 0 Å². The van der Waals surface area contributed by atoms with Gasteiger partial charge in [0.15, 0.2) is 0 Å². The molecule has 0 saturated carbocycles. The lowest BCUT2D eigenvalue weighted by atomic mass is 10.2. The Balaban J connectivity index is 0. The highest BCUT2D eigenvalue weighted by Gasteiger charge is 1.93. The van der Waals surface area contributed by atoms with Crippen LogP contribution in [0.3, 0.4) is 0 Å². The van der Waals surface area contributed by atoms with Crippen molar-refractivity contribution in [1.29, 1.82) is 0 Å². The summed E-state index contributed by atoms with van der Waals surface area (Å²) in [4.78, 5) is 7.86. The van der Waals surface area contributed by atoms with Crippen LogP contribution >= 0.6 is 12.4 Å². The van der Waals surface area contributed by atoms with Crippen molar-refractivity contribution < 1.29 is 0 Å². The smallest absolute Gasteiger partial charge is 0.0892 e. The Morgan fingerprint density at radius 2 is 1.86 bits per heavy atom. The Kier molecular flexibility index (Phi) is 14.4. The van der Waals surface area contributed by atoms with E-state index >= 15 is 0 Å². The summed E-state index contributed by atoms with van der Waals surface area (Å²) in [5.74, 6) is 0. The van der Waals surface area contributed by atoms with E-state index < -0.39 is 0 Å². The number of unbranched alkanes of at least 4 members (excludes halogenated alkanes) is 2. The van der Waals surface area contributed by atoms with Gasteiger partial charge in [-0.3, -0.25) is 0 Å². The fraction of sp³-hybridized carbons (Fsp3) is 0.889. The predicted molar refractivity (Wildman–Crippen MR) is 63.1 cm³/mol. The first-order valence-corrected chi connectivity index (χ1v) is 4.86. The summed E-state index contributed by atoms with van der Waals surface area (Å²) in [6, 6.07) is 2.64. The van der Waals surface area contributed by atoms with E-state index in [4.69, 9.17) is 11.5 Å². The Hall–Kier alpha value is -0.410. The maximum Gasteiger partial charge on any atom is 0.0892 e. The van der Waals surface area contributed by atoms with Crippen LogP contribution in [0.1, 0.15) is 32.6 Å². The number of hydrogen-bond donors (Lipinski definition) is 2. The zero-order chi connectivity index (χ0) is 9.94. The second-order valence-electron chi connectivity index (χ2n) is 2.97. The molecule has 0 aliphatic heterocycles. The molecule has 14 heavy (non-hydrogen) atoms. The molecule has 0 aromatic rings. The molecule has 84 valence electrons. The first-order valence-electron chi connectivity index (χ1n) is 4.86. The predicted octanol–water partition coefficient (Wildman–Crippen LogP) is 1.41. The van der Waals surface area contributed by atoms with E-state index in [2.05, 4.69) is 16.0 Å². The van der Waals surface area contributed by atoms with Gasteiger partial charge in [0.1, 0.15) is 0 Å². The molecule has 0 amide bonds. The van der Waals surface area contributed by atoms with Crippen LogP contribution in [-0.4, -0.2) is 25.3 Å². The molecule has 0 bridgehead atoms. The van der Waals surface area contributed by atoms with Gasteiger partial charge in [-0.25, -0.2) is 9.98 Å². The van der Waals surface area contributed by atoms with Gasteiger partial charge < -0.3 is 11.5 Å². The van der Waals surface area contributed by atoms with Gasteiger partial charge in [0.05, 0.1) is 12.2 Å². The van der Waals surface area contributed by atoms with Crippen molar-refractivity contribution in [2.24, 2.45) is 21.5 Å². The molecule has 0 aromatic carbocycles. The molecule has 4 N–H and O–H groups in total. The van der Waals surface area contributed by atoms with E-state index in [0.717, 1.165) is 38.8 Å². The minimum Gasteiger partial charge on any atom is -0.316 e. The van der Waals surface area contributed by atoms with Crippen LogP contribution in [0.25, 0.3) is 0 Å². The third-order valence-electron chi connectivity index (χ3n) is 1.61. The highest BCUT2D eigenvalue weighted by Crippen LogP contribution is 1.99. The fourth-order valence-corrected chi connectivity index (χ4v) is 0.918. The van der Waals surface area contributed by atoms with Gasteiger partial charge in [0.2, 0.25) is 0 Å².